The van der Waals surface area contributed by atoms with Crippen molar-refractivity contribution in [3.05, 3.63) is 59.2 Å². The van der Waals surface area contributed by atoms with Crippen LogP contribution in [0.3, 0.4) is 0 Å². The lowest BCUT2D eigenvalue weighted by Crippen LogP contribution is -2.40. The Morgan fingerprint density at radius 3 is 2.28 bits per heavy atom. The summed E-state index contributed by atoms with van der Waals surface area (Å²) in [6.45, 7) is 1.54. The third-order valence-electron chi connectivity index (χ3n) is 5.03. The minimum atomic E-state index is 0. The van der Waals surface area contributed by atoms with E-state index in [0.29, 0.717) is 5.56 Å². The molecule has 0 aromatic heterocycles. The van der Waals surface area contributed by atoms with Gasteiger partial charge in [0.1, 0.15) is 0 Å². The molecule has 0 aliphatic heterocycles. The molecule has 0 heterocycles. The summed E-state index contributed by atoms with van der Waals surface area (Å²) < 4.78 is 10.7. The third kappa shape index (κ3) is 7.89. The lowest BCUT2D eigenvalue weighted by Gasteiger charge is -2.22. The normalized spacial score (nSPS) is 10.8. The summed E-state index contributed by atoms with van der Waals surface area (Å²) in [5, 5.41) is 3.40. The van der Waals surface area contributed by atoms with Crippen LogP contribution in [-0.4, -0.2) is 77.2 Å². The Kier molecular flexibility index (Phi) is 11.9. The predicted octanol–water partition coefficient (Wildman–Crippen LogP) is 3.32. The number of methoxy groups -OCH3 is 2. The smallest absolute Gasteiger partial charge is 0.253 e. The van der Waals surface area contributed by atoms with Gasteiger partial charge in [0.05, 0.1) is 14.2 Å². The highest BCUT2D eigenvalue weighted by Gasteiger charge is 2.10. The van der Waals surface area contributed by atoms with E-state index in [1.54, 1.807) is 40.3 Å². The first kappa shape index (κ1) is 27.5. The molecule has 8 heteroatoms. The summed E-state index contributed by atoms with van der Waals surface area (Å²) >= 11 is 0. The van der Waals surface area contributed by atoms with Crippen molar-refractivity contribution in [1.82, 2.24) is 15.1 Å². The zero-order chi connectivity index (χ0) is 22.8. The Morgan fingerprint density at radius 2 is 1.66 bits per heavy atom. The number of hydrogen-bond donors (Lipinski definition) is 1. The van der Waals surface area contributed by atoms with Crippen molar-refractivity contribution in [2.45, 2.75) is 12.8 Å². The second-order valence-electron chi connectivity index (χ2n) is 7.48. The van der Waals surface area contributed by atoms with Gasteiger partial charge in [0, 0.05) is 46.8 Å². The maximum Gasteiger partial charge on any atom is 0.253 e. The van der Waals surface area contributed by atoms with Crippen molar-refractivity contribution in [3.8, 4) is 11.5 Å². The summed E-state index contributed by atoms with van der Waals surface area (Å²) in [4.78, 5) is 20.2. The summed E-state index contributed by atoms with van der Waals surface area (Å²) in [7, 11) is 10.6. The molecule has 0 saturated carbocycles. The monoisotopic (exact) mass is 554 g/mol. The largest absolute Gasteiger partial charge is 0.493 e. The van der Waals surface area contributed by atoms with Crippen molar-refractivity contribution in [3.63, 3.8) is 0 Å². The van der Waals surface area contributed by atoms with Gasteiger partial charge in [0.25, 0.3) is 5.91 Å². The molecule has 0 saturated heterocycles. The number of hydrogen-bond acceptors (Lipinski definition) is 4. The number of nitrogens with one attached hydrogen (secondary N) is 1. The molecule has 7 nitrogen and oxygen atoms in total. The second kappa shape index (κ2) is 13.8. The number of rotatable bonds is 9. The highest BCUT2D eigenvalue weighted by molar-refractivity contribution is 14.0. The van der Waals surface area contributed by atoms with Crippen LogP contribution in [0.15, 0.2) is 47.5 Å². The van der Waals surface area contributed by atoms with Crippen LogP contribution in [0.4, 0.5) is 0 Å². The lowest BCUT2D eigenvalue weighted by atomic mass is 10.1. The van der Waals surface area contributed by atoms with Crippen molar-refractivity contribution in [1.29, 1.82) is 0 Å². The van der Waals surface area contributed by atoms with Crippen LogP contribution in [0.1, 0.15) is 21.5 Å². The van der Waals surface area contributed by atoms with Gasteiger partial charge in [-0.25, -0.2) is 0 Å². The number of benzene rings is 2. The van der Waals surface area contributed by atoms with Crippen molar-refractivity contribution < 1.29 is 14.3 Å². The number of ether oxygens (including phenoxy) is 2. The Morgan fingerprint density at radius 1 is 0.969 bits per heavy atom. The van der Waals surface area contributed by atoms with E-state index in [0.717, 1.165) is 49.0 Å². The molecule has 32 heavy (non-hydrogen) atoms. The van der Waals surface area contributed by atoms with Crippen LogP contribution in [0.25, 0.3) is 0 Å². The number of amides is 1. The van der Waals surface area contributed by atoms with E-state index < -0.39 is 0 Å². The van der Waals surface area contributed by atoms with E-state index in [2.05, 4.69) is 15.2 Å². The maximum absolute atomic E-state index is 12.1. The van der Waals surface area contributed by atoms with Gasteiger partial charge in [-0.2, -0.15) is 0 Å². The molecular formula is C24H35IN4O3. The first-order valence-corrected chi connectivity index (χ1v) is 10.3. The van der Waals surface area contributed by atoms with Crippen LogP contribution >= 0.6 is 24.0 Å². The third-order valence-corrected chi connectivity index (χ3v) is 5.03. The minimum Gasteiger partial charge on any atom is -0.493 e. The molecular weight excluding hydrogens is 519 g/mol. The fourth-order valence-corrected chi connectivity index (χ4v) is 3.26. The summed E-state index contributed by atoms with van der Waals surface area (Å²) in [6, 6.07) is 13.7. The lowest BCUT2D eigenvalue weighted by molar-refractivity contribution is 0.0827. The second-order valence-corrected chi connectivity index (χ2v) is 7.48. The number of aliphatic imine (C=N–C) groups is 1. The van der Waals surface area contributed by atoms with E-state index in [9.17, 15) is 4.79 Å². The van der Waals surface area contributed by atoms with E-state index in [1.807, 2.05) is 49.5 Å². The molecule has 0 radical (unpaired) electrons. The van der Waals surface area contributed by atoms with Gasteiger partial charge in [0.15, 0.2) is 17.5 Å². The quantitative estimate of drug-likeness (QED) is 0.293. The highest BCUT2D eigenvalue weighted by atomic mass is 127. The number of carbonyl (C=O) groups excluding carboxylic acids is 1. The Balaban J connectivity index is 0.00000512. The van der Waals surface area contributed by atoms with Crippen molar-refractivity contribution in [2.75, 3.05) is 55.5 Å². The standard InChI is InChI=1S/C24H34N4O3.HI/c1-25-24(26-14-12-18-8-7-9-20(16-18)23(29)27(2)3)28(4)15-13-19-10-11-21(30-5)22(17-19)31-6;/h7-11,16-17H,12-15H2,1-6H3,(H,25,26);1H. The number of halogens is 1. The number of likely N-dealkylation sites (N-methyl/N-ethyl adjacent to an activating group) is 1. The maximum atomic E-state index is 12.1. The van der Waals surface area contributed by atoms with Crippen LogP contribution in [0.5, 0.6) is 11.5 Å². The highest BCUT2D eigenvalue weighted by Crippen LogP contribution is 2.27. The van der Waals surface area contributed by atoms with Crippen molar-refractivity contribution in [2.24, 2.45) is 4.99 Å². The summed E-state index contributed by atoms with van der Waals surface area (Å²) in [5.74, 6) is 2.31. The molecule has 1 amide bonds. The molecule has 2 aromatic rings. The Bertz CT molecular complexity index is 903. The molecule has 0 atom stereocenters. The zero-order valence-electron chi connectivity index (χ0n) is 19.8. The average Bonchev–Trinajstić information content (AvgIpc) is 2.79. The first-order valence-electron chi connectivity index (χ1n) is 10.3. The number of nitrogens with zero attached hydrogens (tertiary/aromatic N) is 3. The first-order chi connectivity index (χ1) is 14.9. The van der Waals surface area contributed by atoms with Gasteiger partial charge < -0.3 is 24.6 Å². The molecule has 176 valence electrons. The molecule has 0 fully saturated rings. The molecule has 0 bridgehead atoms. The predicted molar refractivity (Wildman–Crippen MR) is 141 cm³/mol. The SMILES string of the molecule is CN=C(NCCc1cccc(C(=O)N(C)C)c1)N(C)CCc1ccc(OC)c(OC)c1.I. The minimum absolute atomic E-state index is 0. The van der Waals surface area contributed by atoms with E-state index in [-0.39, 0.29) is 29.9 Å². The van der Waals surface area contributed by atoms with Crippen LogP contribution in [-0.2, 0) is 12.8 Å². The summed E-state index contributed by atoms with van der Waals surface area (Å²) in [6.07, 6.45) is 1.66. The van der Waals surface area contributed by atoms with E-state index >= 15 is 0 Å². The topological polar surface area (TPSA) is 66.4 Å². The van der Waals surface area contributed by atoms with Gasteiger partial charge in [-0.3, -0.25) is 9.79 Å². The van der Waals surface area contributed by atoms with E-state index in [1.165, 1.54) is 5.56 Å². The average molecular weight is 554 g/mol. The molecule has 0 aliphatic carbocycles. The van der Waals surface area contributed by atoms with Gasteiger partial charge in [0.2, 0.25) is 0 Å². The van der Waals surface area contributed by atoms with Gasteiger partial charge in [-0.05, 0) is 48.2 Å². The fraction of sp³-hybridized carbons (Fsp3) is 0.417. The van der Waals surface area contributed by atoms with E-state index in [4.69, 9.17) is 9.47 Å². The fourth-order valence-electron chi connectivity index (χ4n) is 3.26. The van der Waals surface area contributed by atoms with Crippen LogP contribution < -0.4 is 14.8 Å². The molecule has 1 N–H and O–H groups in total. The Labute approximate surface area is 208 Å². The van der Waals surface area contributed by atoms with Crippen molar-refractivity contribution >= 4 is 35.8 Å². The molecule has 0 spiro atoms. The molecule has 0 aliphatic rings. The molecule has 2 rings (SSSR count). The number of carbonyl (C=O) groups is 1. The van der Waals surface area contributed by atoms with Gasteiger partial charge in [-0.1, -0.05) is 18.2 Å². The van der Waals surface area contributed by atoms with Crippen LogP contribution in [0, 0.1) is 0 Å². The number of guanidine groups is 1. The zero-order valence-corrected chi connectivity index (χ0v) is 22.2. The van der Waals surface area contributed by atoms with Gasteiger partial charge in [-0.15, -0.1) is 24.0 Å². The van der Waals surface area contributed by atoms with Gasteiger partial charge >= 0.3 is 0 Å². The molecule has 0 unspecified atom stereocenters. The van der Waals surface area contributed by atoms with Crippen LogP contribution in [0.2, 0.25) is 0 Å². The summed E-state index contributed by atoms with van der Waals surface area (Å²) in [5.41, 5.74) is 2.99. The molecule has 2 aromatic carbocycles. The Hall–Kier alpha value is -2.49.